The summed E-state index contributed by atoms with van der Waals surface area (Å²) < 4.78 is 1.40. The Labute approximate surface area is 78.9 Å². The second-order valence-corrected chi connectivity index (χ2v) is 3.80. The quantitative estimate of drug-likeness (QED) is 0.596. The van der Waals surface area contributed by atoms with E-state index < -0.39 is 0 Å². The summed E-state index contributed by atoms with van der Waals surface area (Å²) >= 11 is 2.64. The van der Waals surface area contributed by atoms with Crippen molar-refractivity contribution in [2.24, 2.45) is 5.92 Å². The van der Waals surface area contributed by atoms with Crippen LogP contribution in [0.15, 0.2) is 23.8 Å². The molecular formula is C10H16V. The van der Waals surface area contributed by atoms with E-state index in [1.807, 2.05) is 6.08 Å². The van der Waals surface area contributed by atoms with Gasteiger partial charge in [-0.3, -0.25) is 0 Å². The van der Waals surface area contributed by atoms with Crippen LogP contribution in [-0.4, -0.2) is 4.23 Å². The monoisotopic (exact) mass is 187 g/mol. The molecule has 0 aliphatic carbocycles. The van der Waals surface area contributed by atoms with Crippen molar-refractivity contribution in [3.63, 3.8) is 0 Å². The van der Waals surface area contributed by atoms with E-state index in [0.717, 1.165) is 0 Å². The van der Waals surface area contributed by atoms with Gasteiger partial charge in [-0.2, -0.15) is 0 Å². The normalized spacial score (nSPS) is 12.7. The SMILES string of the molecule is C=C/C(C)=C(/C)[C](=[V])C(C)C. The van der Waals surface area contributed by atoms with Crippen LogP contribution < -0.4 is 0 Å². The number of allylic oxidation sites excluding steroid dienone is 3. The summed E-state index contributed by atoms with van der Waals surface area (Å²) in [4.78, 5) is 0. The fourth-order valence-electron chi connectivity index (χ4n) is 0.788. The van der Waals surface area contributed by atoms with Crippen LogP contribution in [0.5, 0.6) is 0 Å². The third-order valence-corrected chi connectivity index (χ3v) is 3.16. The Balaban J connectivity index is 4.60. The van der Waals surface area contributed by atoms with E-state index >= 15 is 0 Å². The van der Waals surface area contributed by atoms with Crippen molar-refractivity contribution in [3.05, 3.63) is 23.8 Å². The van der Waals surface area contributed by atoms with E-state index in [-0.39, 0.29) is 0 Å². The van der Waals surface area contributed by atoms with Crippen LogP contribution in [0.1, 0.15) is 27.7 Å². The molecule has 0 aromatic rings. The van der Waals surface area contributed by atoms with Crippen molar-refractivity contribution in [1.29, 1.82) is 0 Å². The summed E-state index contributed by atoms with van der Waals surface area (Å²) in [7, 11) is 0. The van der Waals surface area contributed by atoms with Crippen LogP contribution in [0, 0.1) is 5.92 Å². The molecule has 0 N–H and O–H groups in total. The molecule has 0 saturated heterocycles. The van der Waals surface area contributed by atoms with E-state index in [1.54, 1.807) is 0 Å². The predicted molar refractivity (Wildman–Crippen MR) is 48.4 cm³/mol. The molecule has 0 saturated carbocycles. The molecule has 0 amide bonds. The molecule has 0 nitrogen and oxygen atoms in total. The standard InChI is InChI=1S/C10H16.V/c1-6-9(4)10(5)7-8(2)3;/h6,8H,1H2,2-5H3;/b10-9-;. The van der Waals surface area contributed by atoms with E-state index in [2.05, 4.69) is 51.3 Å². The Morgan fingerprint density at radius 3 is 2.09 bits per heavy atom. The first-order valence-corrected chi connectivity index (χ1v) is 4.56. The molecule has 1 heteroatoms. The molecule has 0 atom stereocenters. The third kappa shape index (κ3) is 3.22. The maximum absolute atomic E-state index is 3.75. The molecule has 0 aliphatic heterocycles. The number of hydrogen-bond acceptors (Lipinski definition) is 0. The first-order valence-electron chi connectivity index (χ1n) is 3.86. The number of rotatable bonds is 3. The molecule has 0 rings (SSSR count). The van der Waals surface area contributed by atoms with Crippen molar-refractivity contribution in [2.45, 2.75) is 27.7 Å². The van der Waals surface area contributed by atoms with Crippen LogP contribution in [0.3, 0.4) is 0 Å². The Bertz CT molecular complexity index is 197. The van der Waals surface area contributed by atoms with Crippen molar-refractivity contribution in [2.75, 3.05) is 0 Å². The zero-order valence-electron chi connectivity index (χ0n) is 7.81. The molecule has 0 aromatic heterocycles. The van der Waals surface area contributed by atoms with Gasteiger partial charge in [-0.15, -0.1) is 0 Å². The Kier molecular flexibility index (Phi) is 4.71. The summed E-state index contributed by atoms with van der Waals surface area (Å²) in [6.45, 7) is 12.4. The van der Waals surface area contributed by atoms with Gasteiger partial charge in [0.15, 0.2) is 0 Å². The Morgan fingerprint density at radius 2 is 1.82 bits per heavy atom. The Hall–Kier alpha value is -0.0656. The van der Waals surface area contributed by atoms with Gasteiger partial charge in [-0.05, 0) is 0 Å². The third-order valence-electron chi connectivity index (χ3n) is 1.83. The molecule has 0 aliphatic rings. The zero-order chi connectivity index (χ0) is 9.02. The van der Waals surface area contributed by atoms with Gasteiger partial charge in [0.25, 0.3) is 0 Å². The van der Waals surface area contributed by atoms with Gasteiger partial charge in [0.1, 0.15) is 0 Å². The van der Waals surface area contributed by atoms with E-state index in [4.69, 9.17) is 0 Å². The van der Waals surface area contributed by atoms with Crippen LogP contribution in [-0.2, 0) is 17.0 Å². The zero-order valence-corrected chi connectivity index (χ0v) is 9.21. The first kappa shape index (κ1) is 10.9. The van der Waals surface area contributed by atoms with E-state index in [0.29, 0.717) is 5.92 Å². The van der Waals surface area contributed by atoms with Crippen LogP contribution in [0.4, 0.5) is 0 Å². The average molecular weight is 187 g/mol. The van der Waals surface area contributed by atoms with Crippen LogP contribution in [0.25, 0.3) is 0 Å². The molecule has 0 heterocycles. The predicted octanol–water partition coefficient (Wildman–Crippen LogP) is 2.88. The first-order chi connectivity index (χ1) is 5.00. The van der Waals surface area contributed by atoms with Gasteiger partial charge in [0.05, 0.1) is 0 Å². The molecule has 11 heavy (non-hydrogen) atoms. The van der Waals surface area contributed by atoms with Crippen molar-refractivity contribution in [1.82, 2.24) is 0 Å². The minimum atomic E-state index is 0.616. The van der Waals surface area contributed by atoms with E-state index in [1.165, 1.54) is 15.4 Å². The molecule has 0 fully saturated rings. The summed E-state index contributed by atoms with van der Waals surface area (Å²) in [6.07, 6.45) is 1.91. The summed E-state index contributed by atoms with van der Waals surface area (Å²) in [5, 5.41) is 0. The number of hydrogen-bond donors (Lipinski definition) is 0. The Morgan fingerprint density at radius 1 is 1.36 bits per heavy atom. The van der Waals surface area contributed by atoms with Gasteiger partial charge in [0.2, 0.25) is 0 Å². The average Bonchev–Trinajstić information content (AvgIpc) is 2.00. The van der Waals surface area contributed by atoms with Gasteiger partial charge in [0, 0.05) is 0 Å². The van der Waals surface area contributed by atoms with Crippen molar-refractivity contribution < 1.29 is 17.0 Å². The minimum absolute atomic E-state index is 0.616. The molecule has 61 valence electrons. The summed E-state index contributed by atoms with van der Waals surface area (Å²) in [6, 6.07) is 0. The summed E-state index contributed by atoms with van der Waals surface area (Å²) in [5.41, 5.74) is 2.63. The topological polar surface area (TPSA) is 0 Å². The molecule has 0 unspecified atom stereocenters. The fraction of sp³-hybridized carbons (Fsp3) is 0.500. The van der Waals surface area contributed by atoms with Gasteiger partial charge in [-0.25, -0.2) is 0 Å². The van der Waals surface area contributed by atoms with Crippen molar-refractivity contribution in [3.8, 4) is 0 Å². The molecule has 0 spiro atoms. The van der Waals surface area contributed by atoms with Crippen molar-refractivity contribution >= 4 is 4.23 Å². The molecular weight excluding hydrogens is 171 g/mol. The molecule has 0 radical (unpaired) electrons. The molecule has 0 aromatic carbocycles. The van der Waals surface area contributed by atoms with E-state index in [9.17, 15) is 0 Å². The van der Waals surface area contributed by atoms with Crippen LogP contribution in [0.2, 0.25) is 0 Å². The second-order valence-electron chi connectivity index (χ2n) is 3.05. The second kappa shape index (κ2) is 4.74. The van der Waals surface area contributed by atoms with Gasteiger partial charge >= 0.3 is 78.6 Å². The van der Waals surface area contributed by atoms with Gasteiger partial charge < -0.3 is 0 Å². The maximum atomic E-state index is 3.75. The molecule has 0 bridgehead atoms. The van der Waals surface area contributed by atoms with Gasteiger partial charge in [-0.1, -0.05) is 0 Å². The summed E-state index contributed by atoms with van der Waals surface area (Å²) in [5.74, 6) is 0.616. The van der Waals surface area contributed by atoms with Crippen LogP contribution >= 0.6 is 0 Å². The fourth-order valence-corrected chi connectivity index (χ4v) is 1.06.